The predicted molar refractivity (Wildman–Crippen MR) is 142 cm³/mol. The molecule has 4 aromatic rings. The van der Waals surface area contributed by atoms with Crippen molar-refractivity contribution < 1.29 is 27.9 Å². The molecule has 2 aromatic carbocycles. The Labute approximate surface area is 218 Å². The molecule has 1 N–H and O–H groups in total. The van der Waals surface area contributed by atoms with Crippen LogP contribution in [0.3, 0.4) is 0 Å². The molecule has 37 heavy (non-hydrogen) atoms. The van der Waals surface area contributed by atoms with Crippen LogP contribution < -0.4 is 9.04 Å². The number of anilines is 1. The van der Waals surface area contributed by atoms with Crippen molar-refractivity contribution in [2.24, 2.45) is 0 Å². The van der Waals surface area contributed by atoms with E-state index in [2.05, 4.69) is 4.98 Å². The molecule has 0 aliphatic heterocycles. The standard InChI is InChI=1S/C27H24N2O6S2/c1-17-13-20(25-11-10-24(36-25)18(2)30)14-23(27(31)32)26(17)29(16-19-5-4-12-28-15-19)37(33,34)22-8-6-21(35-3)7-9-22/h4-15H,16H2,1-3H3,(H,31,32). The first-order valence-corrected chi connectivity index (χ1v) is 13.4. The summed E-state index contributed by atoms with van der Waals surface area (Å²) >= 11 is 1.25. The number of ketones is 1. The van der Waals surface area contributed by atoms with E-state index in [9.17, 15) is 23.1 Å². The summed E-state index contributed by atoms with van der Waals surface area (Å²) < 4.78 is 34.1. The van der Waals surface area contributed by atoms with Crippen molar-refractivity contribution in [3.8, 4) is 16.2 Å². The first-order valence-electron chi connectivity index (χ1n) is 11.2. The van der Waals surface area contributed by atoms with Gasteiger partial charge in [-0.1, -0.05) is 6.07 Å². The minimum absolute atomic E-state index is 0.0126. The van der Waals surface area contributed by atoms with Gasteiger partial charge in [0.2, 0.25) is 0 Å². The summed E-state index contributed by atoms with van der Waals surface area (Å²) in [5.41, 5.74) is 1.50. The zero-order chi connectivity index (χ0) is 26.7. The molecular weight excluding hydrogens is 512 g/mol. The highest BCUT2D eigenvalue weighted by atomic mass is 32.2. The van der Waals surface area contributed by atoms with Crippen LogP contribution in [0.4, 0.5) is 5.69 Å². The number of pyridine rings is 1. The maximum Gasteiger partial charge on any atom is 0.337 e. The van der Waals surface area contributed by atoms with Gasteiger partial charge in [-0.2, -0.15) is 0 Å². The number of ether oxygens (including phenoxy) is 1. The molecule has 8 nitrogen and oxygen atoms in total. The number of sulfonamides is 1. The highest BCUT2D eigenvalue weighted by molar-refractivity contribution is 7.92. The average Bonchev–Trinajstić information content (AvgIpc) is 3.38. The number of carboxylic acids is 1. The molecule has 190 valence electrons. The van der Waals surface area contributed by atoms with Gasteiger partial charge in [-0.05, 0) is 85.1 Å². The minimum Gasteiger partial charge on any atom is -0.497 e. The van der Waals surface area contributed by atoms with Crippen molar-refractivity contribution in [1.29, 1.82) is 0 Å². The lowest BCUT2D eigenvalue weighted by molar-refractivity contribution is 0.0697. The zero-order valence-corrected chi connectivity index (χ0v) is 22.0. The SMILES string of the molecule is COc1ccc(S(=O)(=O)N(Cc2cccnc2)c2c(C)cc(-c3ccc(C(C)=O)s3)cc2C(=O)O)cc1. The number of carbonyl (C=O) groups excluding carboxylic acids is 1. The van der Waals surface area contributed by atoms with Crippen molar-refractivity contribution in [3.63, 3.8) is 0 Å². The van der Waals surface area contributed by atoms with Gasteiger partial charge in [0.25, 0.3) is 10.0 Å². The van der Waals surface area contributed by atoms with E-state index in [1.165, 1.54) is 61.9 Å². The summed E-state index contributed by atoms with van der Waals surface area (Å²) in [4.78, 5) is 29.6. The third kappa shape index (κ3) is 5.40. The Balaban J connectivity index is 1.91. The number of hydrogen-bond donors (Lipinski definition) is 1. The van der Waals surface area contributed by atoms with Crippen LogP contribution in [0.15, 0.2) is 78.0 Å². The van der Waals surface area contributed by atoms with E-state index in [1.54, 1.807) is 43.5 Å². The second-order valence-electron chi connectivity index (χ2n) is 8.26. The van der Waals surface area contributed by atoms with Crippen LogP contribution in [0.5, 0.6) is 5.75 Å². The van der Waals surface area contributed by atoms with E-state index >= 15 is 0 Å². The first kappa shape index (κ1) is 26.1. The Morgan fingerprint density at radius 3 is 2.38 bits per heavy atom. The number of aromatic nitrogens is 1. The number of carbonyl (C=O) groups is 2. The van der Waals surface area contributed by atoms with E-state index in [-0.39, 0.29) is 28.5 Å². The van der Waals surface area contributed by atoms with Crippen molar-refractivity contribution in [1.82, 2.24) is 4.98 Å². The summed E-state index contributed by atoms with van der Waals surface area (Å²) in [6.45, 7) is 3.01. The first-order chi connectivity index (χ1) is 17.6. The second kappa shape index (κ2) is 10.5. The fourth-order valence-corrected chi connectivity index (χ4v) is 6.34. The summed E-state index contributed by atoms with van der Waals surface area (Å²) in [7, 11) is -2.71. The van der Waals surface area contributed by atoms with Crippen molar-refractivity contribution in [3.05, 3.63) is 94.6 Å². The fraction of sp³-hybridized carbons (Fsp3) is 0.148. The average molecular weight is 537 g/mol. The third-order valence-corrected chi connectivity index (χ3v) is 8.71. The number of hydrogen-bond acceptors (Lipinski definition) is 7. The molecule has 10 heteroatoms. The molecule has 0 aliphatic rings. The number of methoxy groups -OCH3 is 1. The Morgan fingerprint density at radius 2 is 1.81 bits per heavy atom. The van der Waals surface area contributed by atoms with Crippen LogP contribution in [-0.2, 0) is 16.6 Å². The lowest BCUT2D eigenvalue weighted by atomic mass is 10.0. The largest absolute Gasteiger partial charge is 0.497 e. The number of thiophene rings is 1. The van der Waals surface area contributed by atoms with Gasteiger partial charge in [0.1, 0.15) is 5.75 Å². The zero-order valence-electron chi connectivity index (χ0n) is 20.3. The molecular formula is C27H24N2O6S2. The minimum atomic E-state index is -4.20. The summed E-state index contributed by atoms with van der Waals surface area (Å²) in [6.07, 6.45) is 3.11. The van der Waals surface area contributed by atoms with Gasteiger partial charge >= 0.3 is 5.97 Å². The molecule has 0 unspecified atom stereocenters. The normalized spacial score (nSPS) is 11.2. The molecule has 0 spiro atoms. The van der Waals surface area contributed by atoms with Crippen molar-refractivity contribution in [2.75, 3.05) is 11.4 Å². The van der Waals surface area contributed by atoms with E-state index in [4.69, 9.17) is 4.74 Å². The fourth-order valence-electron chi connectivity index (χ4n) is 3.91. The van der Waals surface area contributed by atoms with Crippen LogP contribution in [0.1, 0.15) is 38.1 Å². The quantitative estimate of drug-likeness (QED) is 0.284. The van der Waals surface area contributed by atoms with Gasteiger partial charge in [0, 0.05) is 17.3 Å². The van der Waals surface area contributed by atoms with Crippen molar-refractivity contribution in [2.45, 2.75) is 25.3 Å². The maximum atomic E-state index is 13.9. The van der Waals surface area contributed by atoms with Gasteiger partial charge in [0.15, 0.2) is 5.78 Å². The summed E-state index contributed by atoms with van der Waals surface area (Å²) in [5, 5.41) is 10.2. The molecule has 4 rings (SSSR count). The van der Waals surface area contributed by atoms with Crippen LogP contribution in [0.2, 0.25) is 0 Å². The molecule has 0 saturated heterocycles. The Bertz CT molecular complexity index is 1560. The Morgan fingerprint density at radius 1 is 1.08 bits per heavy atom. The maximum absolute atomic E-state index is 13.9. The molecule has 0 bridgehead atoms. The van der Waals surface area contributed by atoms with Crippen LogP contribution in [0.25, 0.3) is 10.4 Å². The molecule has 0 fully saturated rings. The number of carboxylic acid groups (broad SMARTS) is 1. The van der Waals surface area contributed by atoms with Gasteiger partial charge in [-0.15, -0.1) is 11.3 Å². The number of aromatic carboxylic acids is 1. The van der Waals surface area contributed by atoms with Crippen LogP contribution in [-0.4, -0.2) is 37.4 Å². The number of aryl methyl sites for hydroxylation is 1. The van der Waals surface area contributed by atoms with Crippen molar-refractivity contribution >= 4 is 38.8 Å². The third-order valence-electron chi connectivity index (χ3n) is 5.71. The van der Waals surface area contributed by atoms with Crippen LogP contribution >= 0.6 is 11.3 Å². The van der Waals surface area contributed by atoms with Crippen LogP contribution in [0, 0.1) is 6.92 Å². The second-order valence-corrected chi connectivity index (χ2v) is 11.2. The van der Waals surface area contributed by atoms with E-state index in [0.717, 1.165) is 4.31 Å². The Kier molecular flexibility index (Phi) is 7.42. The number of benzene rings is 2. The Hall–Kier alpha value is -4.02. The van der Waals surface area contributed by atoms with Gasteiger partial charge in [-0.3, -0.25) is 14.1 Å². The molecule has 2 aromatic heterocycles. The van der Waals surface area contributed by atoms with Gasteiger partial charge in [0.05, 0.1) is 34.7 Å². The van der Waals surface area contributed by atoms with E-state index in [1.807, 2.05) is 0 Å². The molecule has 0 radical (unpaired) electrons. The molecule has 0 saturated carbocycles. The molecule has 0 amide bonds. The molecule has 0 aliphatic carbocycles. The van der Waals surface area contributed by atoms with E-state index < -0.39 is 16.0 Å². The monoisotopic (exact) mass is 536 g/mol. The number of nitrogens with zero attached hydrogens (tertiary/aromatic N) is 2. The molecule has 2 heterocycles. The van der Waals surface area contributed by atoms with E-state index in [0.29, 0.717) is 32.2 Å². The molecule has 0 atom stereocenters. The highest BCUT2D eigenvalue weighted by Crippen LogP contribution is 2.38. The number of Topliss-reactive ketones (excluding diaryl/α,β-unsaturated/α-hetero) is 1. The predicted octanol–water partition coefficient (Wildman–Crippen LogP) is 5.42. The lowest BCUT2D eigenvalue weighted by Gasteiger charge is -2.28. The van der Waals surface area contributed by atoms with Gasteiger partial charge in [-0.25, -0.2) is 13.2 Å². The summed E-state index contributed by atoms with van der Waals surface area (Å²) in [6, 6.07) is 15.9. The lowest BCUT2D eigenvalue weighted by Crippen LogP contribution is -2.32. The smallest absolute Gasteiger partial charge is 0.337 e. The highest BCUT2D eigenvalue weighted by Gasteiger charge is 2.31. The summed E-state index contributed by atoms with van der Waals surface area (Å²) in [5.74, 6) is -0.869. The topological polar surface area (TPSA) is 114 Å². The van der Waals surface area contributed by atoms with Gasteiger partial charge < -0.3 is 9.84 Å². The number of rotatable bonds is 9.